The number of hydrogen-bond acceptors (Lipinski definition) is 2. The third-order valence-electron chi connectivity index (χ3n) is 3.18. The van der Waals surface area contributed by atoms with Crippen LogP contribution < -0.4 is 10.5 Å². The van der Waals surface area contributed by atoms with Crippen LogP contribution in [0.3, 0.4) is 0 Å². The van der Waals surface area contributed by atoms with Crippen LogP contribution in [0.2, 0.25) is 0 Å². The molecule has 86 valence electrons. The van der Waals surface area contributed by atoms with Crippen LogP contribution in [-0.4, -0.2) is 0 Å². The summed E-state index contributed by atoms with van der Waals surface area (Å²) >= 11 is 0. The number of ether oxygens (including phenoxy) is 1. The molecule has 0 saturated heterocycles. The molecular weight excluding hydrogens is 210 g/mol. The first-order valence-electron chi connectivity index (χ1n) is 5.89. The van der Waals surface area contributed by atoms with E-state index in [9.17, 15) is 0 Å². The summed E-state index contributed by atoms with van der Waals surface area (Å²) in [7, 11) is 0. The number of nitrogens with two attached hydrogens (primary N) is 1. The van der Waals surface area contributed by atoms with Crippen molar-refractivity contribution in [3.8, 4) is 11.5 Å². The second kappa shape index (κ2) is 3.90. The van der Waals surface area contributed by atoms with Crippen LogP contribution in [0.4, 0.5) is 0 Å². The molecule has 0 radical (unpaired) electrons. The lowest BCUT2D eigenvalue weighted by Gasteiger charge is -2.15. The molecule has 2 aromatic carbocycles. The van der Waals surface area contributed by atoms with Crippen LogP contribution in [-0.2, 0) is 5.54 Å². The SMILES string of the molecule is NC1(c2ccccc2Oc2ccccc2)CC1. The molecule has 2 nitrogen and oxygen atoms in total. The van der Waals surface area contributed by atoms with Crippen molar-refractivity contribution in [2.24, 2.45) is 5.73 Å². The van der Waals surface area contributed by atoms with Gasteiger partial charge in [0.2, 0.25) is 0 Å². The van der Waals surface area contributed by atoms with Gasteiger partial charge in [-0.15, -0.1) is 0 Å². The molecule has 0 spiro atoms. The molecule has 0 atom stereocenters. The van der Waals surface area contributed by atoms with Crippen molar-refractivity contribution in [3.05, 3.63) is 60.2 Å². The summed E-state index contributed by atoms with van der Waals surface area (Å²) in [6.45, 7) is 0. The largest absolute Gasteiger partial charge is 0.457 e. The number of benzene rings is 2. The monoisotopic (exact) mass is 225 g/mol. The van der Waals surface area contributed by atoms with Gasteiger partial charge >= 0.3 is 0 Å². The highest BCUT2D eigenvalue weighted by molar-refractivity contribution is 5.44. The highest BCUT2D eigenvalue weighted by Crippen LogP contribution is 2.47. The van der Waals surface area contributed by atoms with E-state index in [-0.39, 0.29) is 5.54 Å². The summed E-state index contributed by atoms with van der Waals surface area (Å²) in [6, 6.07) is 17.8. The van der Waals surface area contributed by atoms with Crippen LogP contribution in [0.25, 0.3) is 0 Å². The third kappa shape index (κ3) is 2.04. The van der Waals surface area contributed by atoms with Crippen molar-refractivity contribution in [2.75, 3.05) is 0 Å². The molecule has 0 unspecified atom stereocenters. The van der Waals surface area contributed by atoms with Gasteiger partial charge in [0.25, 0.3) is 0 Å². The van der Waals surface area contributed by atoms with Gasteiger partial charge in [-0.05, 0) is 31.0 Å². The van der Waals surface area contributed by atoms with Gasteiger partial charge in [-0.3, -0.25) is 0 Å². The van der Waals surface area contributed by atoms with E-state index >= 15 is 0 Å². The van der Waals surface area contributed by atoms with Gasteiger partial charge in [0.05, 0.1) is 0 Å². The van der Waals surface area contributed by atoms with Crippen molar-refractivity contribution < 1.29 is 4.74 Å². The average Bonchev–Trinajstić information content (AvgIpc) is 3.10. The fraction of sp³-hybridized carbons (Fsp3) is 0.200. The zero-order valence-corrected chi connectivity index (χ0v) is 9.60. The third-order valence-corrected chi connectivity index (χ3v) is 3.18. The van der Waals surface area contributed by atoms with Gasteiger partial charge in [-0.1, -0.05) is 36.4 Å². The molecule has 0 amide bonds. The van der Waals surface area contributed by atoms with E-state index in [4.69, 9.17) is 10.5 Å². The van der Waals surface area contributed by atoms with E-state index in [0.717, 1.165) is 29.9 Å². The van der Waals surface area contributed by atoms with E-state index < -0.39 is 0 Å². The van der Waals surface area contributed by atoms with Crippen LogP contribution in [0, 0.1) is 0 Å². The summed E-state index contributed by atoms with van der Waals surface area (Å²) < 4.78 is 5.90. The standard InChI is InChI=1S/C15H15NO/c16-15(10-11-15)13-8-4-5-9-14(13)17-12-6-2-1-3-7-12/h1-9H,10-11,16H2. The normalized spacial score (nSPS) is 16.5. The van der Waals surface area contributed by atoms with E-state index in [0.29, 0.717) is 0 Å². The Morgan fingerprint density at radius 3 is 2.24 bits per heavy atom. The lowest BCUT2D eigenvalue weighted by atomic mass is 10.0. The Labute approximate surface area is 101 Å². The molecule has 0 aromatic heterocycles. The first kappa shape index (κ1) is 10.4. The first-order chi connectivity index (χ1) is 8.28. The van der Waals surface area contributed by atoms with E-state index in [1.807, 2.05) is 48.5 Å². The van der Waals surface area contributed by atoms with E-state index in [1.165, 1.54) is 0 Å². The fourth-order valence-corrected chi connectivity index (χ4v) is 1.99. The van der Waals surface area contributed by atoms with Crippen LogP contribution in [0.15, 0.2) is 54.6 Å². The maximum Gasteiger partial charge on any atom is 0.132 e. The number of rotatable bonds is 3. The minimum Gasteiger partial charge on any atom is -0.457 e. The van der Waals surface area contributed by atoms with E-state index in [1.54, 1.807) is 0 Å². The average molecular weight is 225 g/mol. The minimum absolute atomic E-state index is 0.161. The van der Waals surface area contributed by atoms with Crippen LogP contribution >= 0.6 is 0 Å². The molecular formula is C15H15NO. The molecule has 3 rings (SSSR count). The highest BCUT2D eigenvalue weighted by atomic mass is 16.5. The Morgan fingerprint density at radius 2 is 1.53 bits per heavy atom. The molecule has 0 bridgehead atoms. The Morgan fingerprint density at radius 1 is 0.882 bits per heavy atom. The first-order valence-corrected chi connectivity index (χ1v) is 5.89. The summed E-state index contributed by atoms with van der Waals surface area (Å²) in [5, 5.41) is 0. The summed E-state index contributed by atoms with van der Waals surface area (Å²) in [5.74, 6) is 1.72. The number of para-hydroxylation sites is 2. The van der Waals surface area contributed by atoms with Gasteiger partial charge in [-0.2, -0.15) is 0 Å². The summed E-state index contributed by atoms with van der Waals surface area (Å²) in [4.78, 5) is 0. The highest BCUT2D eigenvalue weighted by Gasteiger charge is 2.42. The van der Waals surface area contributed by atoms with Crippen molar-refractivity contribution in [2.45, 2.75) is 18.4 Å². The molecule has 1 aliphatic rings. The van der Waals surface area contributed by atoms with Crippen molar-refractivity contribution in [3.63, 3.8) is 0 Å². The lowest BCUT2D eigenvalue weighted by molar-refractivity contribution is 0.468. The van der Waals surface area contributed by atoms with Crippen LogP contribution in [0.5, 0.6) is 11.5 Å². The predicted molar refractivity (Wildman–Crippen MR) is 68.1 cm³/mol. The topological polar surface area (TPSA) is 35.2 Å². The zero-order chi connectivity index (χ0) is 11.7. The fourth-order valence-electron chi connectivity index (χ4n) is 1.99. The Hall–Kier alpha value is -1.80. The van der Waals surface area contributed by atoms with Crippen molar-refractivity contribution >= 4 is 0 Å². The maximum atomic E-state index is 6.24. The van der Waals surface area contributed by atoms with Gasteiger partial charge in [-0.25, -0.2) is 0 Å². The van der Waals surface area contributed by atoms with Crippen LogP contribution in [0.1, 0.15) is 18.4 Å². The zero-order valence-electron chi connectivity index (χ0n) is 9.60. The second-order valence-corrected chi connectivity index (χ2v) is 4.57. The maximum absolute atomic E-state index is 6.24. The number of hydrogen-bond donors (Lipinski definition) is 1. The molecule has 1 aliphatic carbocycles. The molecule has 2 N–H and O–H groups in total. The smallest absolute Gasteiger partial charge is 0.132 e. The Bertz CT molecular complexity index is 517. The quantitative estimate of drug-likeness (QED) is 0.868. The minimum atomic E-state index is -0.161. The van der Waals surface area contributed by atoms with Gasteiger partial charge < -0.3 is 10.5 Å². The predicted octanol–water partition coefficient (Wildman–Crippen LogP) is 3.43. The molecule has 2 heteroatoms. The van der Waals surface area contributed by atoms with Gasteiger partial charge in [0, 0.05) is 11.1 Å². The van der Waals surface area contributed by atoms with Gasteiger partial charge in [0.1, 0.15) is 11.5 Å². The van der Waals surface area contributed by atoms with Crippen molar-refractivity contribution in [1.82, 2.24) is 0 Å². The molecule has 0 aliphatic heterocycles. The molecule has 1 saturated carbocycles. The van der Waals surface area contributed by atoms with Gasteiger partial charge in [0.15, 0.2) is 0 Å². The molecule has 1 fully saturated rings. The second-order valence-electron chi connectivity index (χ2n) is 4.57. The Kier molecular flexibility index (Phi) is 2.37. The molecule has 17 heavy (non-hydrogen) atoms. The summed E-state index contributed by atoms with van der Waals surface area (Å²) in [6.07, 6.45) is 2.09. The summed E-state index contributed by atoms with van der Waals surface area (Å²) in [5.41, 5.74) is 7.20. The Balaban J connectivity index is 1.93. The molecule has 2 aromatic rings. The van der Waals surface area contributed by atoms with E-state index in [2.05, 4.69) is 6.07 Å². The molecule has 0 heterocycles. The van der Waals surface area contributed by atoms with Crippen molar-refractivity contribution in [1.29, 1.82) is 0 Å². The lowest BCUT2D eigenvalue weighted by Crippen LogP contribution is -2.19.